The predicted molar refractivity (Wildman–Crippen MR) is 111 cm³/mol. The van der Waals surface area contributed by atoms with Gasteiger partial charge in [-0.3, -0.25) is 0 Å². The van der Waals surface area contributed by atoms with Crippen molar-refractivity contribution in [1.82, 2.24) is 10.2 Å². The molecule has 4 aliphatic carbocycles. The Morgan fingerprint density at radius 2 is 1.64 bits per heavy atom. The van der Waals surface area contributed by atoms with Crippen molar-refractivity contribution >= 4 is 11.7 Å². The van der Waals surface area contributed by atoms with Crippen LogP contribution in [0.3, 0.4) is 0 Å². The fourth-order valence-corrected chi connectivity index (χ4v) is 6.92. The molecule has 6 rings (SSSR count). The predicted octanol–water partition coefficient (Wildman–Crippen LogP) is 3.74. The maximum atomic E-state index is 12.8. The number of para-hydroxylation sites is 2. The molecular formula is C23H33N3O2. The molecule has 0 spiro atoms. The minimum Gasteiger partial charge on any atom is -0.495 e. The zero-order valence-corrected chi connectivity index (χ0v) is 17.0. The van der Waals surface area contributed by atoms with E-state index in [1.54, 1.807) is 7.11 Å². The SMILES string of the molecule is COc1ccccc1N1CCN(C(=O)NCC23CC4CC(CC(C4)C2)C3)CC1. The van der Waals surface area contributed by atoms with E-state index in [1.807, 2.05) is 23.1 Å². The Bertz CT molecular complexity index is 691. The first-order valence-corrected chi connectivity index (χ1v) is 11.0. The first-order valence-electron chi connectivity index (χ1n) is 11.0. The Balaban J connectivity index is 1.15. The van der Waals surface area contributed by atoms with Gasteiger partial charge in [0.25, 0.3) is 0 Å². The van der Waals surface area contributed by atoms with E-state index in [0.29, 0.717) is 5.41 Å². The van der Waals surface area contributed by atoms with Gasteiger partial charge in [0.2, 0.25) is 0 Å². The topological polar surface area (TPSA) is 44.8 Å². The maximum Gasteiger partial charge on any atom is 0.317 e. The molecule has 0 unspecified atom stereocenters. The summed E-state index contributed by atoms with van der Waals surface area (Å²) in [7, 11) is 1.72. The first-order chi connectivity index (χ1) is 13.6. The van der Waals surface area contributed by atoms with Crippen molar-refractivity contribution in [2.75, 3.05) is 44.7 Å². The van der Waals surface area contributed by atoms with Crippen molar-refractivity contribution in [3.63, 3.8) is 0 Å². The van der Waals surface area contributed by atoms with E-state index in [-0.39, 0.29) is 6.03 Å². The van der Waals surface area contributed by atoms with Gasteiger partial charge in [0, 0.05) is 32.7 Å². The van der Waals surface area contributed by atoms with Gasteiger partial charge in [-0.1, -0.05) is 12.1 Å². The molecule has 1 heterocycles. The highest BCUT2D eigenvalue weighted by atomic mass is 16.5. The lowest BCUT2D eigenvalue weighted by Gasteiger charge is -2.57. The molecule has 5 aliphatic rings. The van der Waals surface area contributed by atoms with Gasteiger partial charge in [-0.25, -0.2) is 4.79 Å². The lowest BCUT2D eigenvalue weighted by atomic mass is 9.49. The van der Waals surface area contributed by atoms with Crippen LogP contribution in [0.5, 0.6) is 5.75 Å². The molecule has 4 saturated carbocycles. The fourth-order valence-electron chi connectivity index (χ4n) is 6.92. The number of hydrogen-bond donors (Lipinski definition) is 1. The Hall–Kier alpha value is -1.91. The molecule has 1 aromatic carbocycles. The van der Waals surface area contributed by atoms with Crippen molar-refractivity contribution in [2.24, 2.45) is 23.2 Å². The number of nitrogens with zero attached hydrogens (tertiary/aromatic N) is 2. The normalized spacial score (nSPS) is 33.8. The van der Waals surface area contributed by atoms with Crippen LogP contribution >= 0.6 is 0 Å². The summed E-state index contributed by atoms with van der Waals surface area (Å²) >= 11 is 0. The average molecular weight is 384 g/mol. The van der Waals surface area contributed by atoms with Crippen LogP contribution in [0.4, 0.5) is 10.5 Å². The van der Waals surface area contributed by atoms with Gasteiger partial charge in [-0.05, 0) is 73.8 Å². The molecule has 1 aromatic rings. The quantitative estimate of drug-likeness (QED) is 0.861. The highest BCUT2D eigenvalue weighted by Gasteiger charge is 2.50. The summed E-state index contributed by atoms with van der Waals surface area (Å²) in [6.07, 6.45) is 8.41. The number of anilines is 1. The van der Waals surface area contributed by atoms with E-state index in [2.05, 4.69) is 16.3 Å². The monoisotopic (exact) mass is 383 g/mol. The zero-order chi connectivity index (χ0) is 19.1. The van der Waals surface area contributed by atoms with Crippen LogP contribution < -0.4 is 15.0 Å². The van der Waals surface area contributed by atoms with Crippen LogP contribution in [-0.2, 0) is 0 Å². The van der Waals surface area contributed by atoms with Crippen molar-refractivity contribution in [1.29, 1.82) is 0 Å². The third-order valence-electron chi connectivity index (χ3n) is 7.77. The molecule has 0 radical (unpaired) electrons. The third kappa shape index (κ3) is 3.33. The lowest BCUT2D eigenvalue weighted by molar-refractivity contribution is -0.0502. The molecule has 5 nitrogen and oxygen atoms in total. The van der Waals surface area contributed by atoms with Gasteiger partial charge < -0.3 is 19.9 Å². The van der Waals surface area contributed by atoms with Crippen LogP contribution in [0.1, 0.15) is 38.5 Å². The number of carbonyl (C=O) groups is 1. The van der Waals surface area contributed by atoms with Crippen LogP contribution in [0.2, 0.25) is 0 Å². The smallest absolute Gasteiger partial charge is 0.317 e. The molecule has 1 saturated heterocycles. The van der Waals surface area contributed by atoms with E-state index in [1.165, 1.54) is 38.5 Å². The van der Waals surface area contributed by atoms with Gasteiger partial charge in [-0.15, -0.1) is 0 Å². The van der Waals surface area contributed by atoms with Gasteiger partial charge in [0.15, 0.2) is 0 Å². The van der Waals surface area contributed by atoms with E-state index in [0.717, 1.165) is 61.9 Å². The maximum absolute atomic E-state index is 12.8. The van der Waals surface area contributed by atoms with Gasteiger partial charge >= 0.3 is 6.03 Å². The number of carbonyl (C=O) groups excluding carboxylic acids is 1. The highest BCUT2D eigenvalue weighted by molar-refractivity contribution is 5.74. The van der Waals surface area contributed by atoms with Crippen molar-refractivity contribution < 1.29 is 9.53 Å². The number of ether oxygens (including phenoxy) is 1. The molecule has 0 atom stereocenters. The van der Waals surface area contributed by atoms with Crippen molar-refractivity contribution in [3.05, 3.63) is 24.3 Å². The standard InChI is InChI=1S/C23H33N3O2/c1-28-21-5-3-2-4-20(21)25-6-8-26(9-7-25)22(27)24-16-23-13-17-10-18(14-23)12-19(11-17)15-23/h2-5,17-19H,6-16H2,1H3,(H,24,27). The minimum absolute atomic E-state index is 0.135. The Morgan fingerprint density at radius 3 is 2.25 bits per heavy atom. The second-order valence-corrected chi connectivity index (χ2v) is 9.72. The summed E-state index contributed by atoms with van der Waals surface area (Å²) in [5.74, 6) is 3.72. The number of benzene rings is 1. The second-order valence-electron chi connectivity index (χ2n) is 9.72. The first kappa shape index (κ1) is 18.1. The summed E-state index contributed by atoms with van der Waals surface area (Å²) in [5, 5.41) is 3.33. The van der Waals surface area contributed by atoms with E-state index >= 15 is 0 Å². The van der Waals surface area contributed by atoms with E-state index < -0.39 is 0 Å². The minimum atomic E-state index is 0.135. The van der Waals surface area contributed by atoms with Crippen LogP contribution in [0.15, 0.2) is 24.3 Å². The van der Waals surface area contributed by atoms with Gasteiger partial charge in [0.05, 0.1) is 12.8 Å². The molecule has 2 amide bonds. The van der Waals surface area contributed by atoms with Gasteiger partial charge in [0.1, 0.15) is 5.75 Å². The molecule has 1 N–H and O–H groups in total. The molecular weight excluding hydrogens is 350 g/mol. The number of rotatable bonds is 4. The second kappa shape index (κ2) is 7.16. The summed E-state index contributed by atoms with van der Waals surface area (Å²) in [4.78, 5) is 17.1. The number of nitrogens with one attached hydrogen (secondary N) is 1. The lowest BCUT2D eigenvalue weighted by Crippen LogP contribution is -2.55. The number of amides is 2. The van der Waals surface area contributed by atoms with Crippen LogP contribution in [0, 0.1) is 23.2 Å². The summed E-state index contributed by atoms with van der Waals surface area (Å²) in [6, 6.07) is 8.27. The Morgan fingerprint density at radius 1 is 1.04 bits per heavy atom. The van der Waals surface area contributed by atoms with Crippen molar-refractivity contribution in [2.45, 2.75) is 38.5 Å². The third-order valence-corrected chi connectivity index (χ3v) is 7.77. The number of urea groups is 1. The fraction of sp³-hybridized carbons (Fsp3) is 0.696. The summed E-state index contributed by atoms with van der Waals surface area (Å²) < 4.78 is 5.49. The molecule has 152 valence electrons. The number of methoxy groups -OCH3 is 1. The molecule has 4 bridgehead atoms. The average Bonchev–Trinajstić information content (AvgIpc) is 2.71. The van der Waals surface area contributed by atoms with E-state index in [9.17, 15) is 4.79 Å². The zero-order valence-electron chi connectivity index (χ0n) is 17.0. The largest absolute Gasteiger partial charge is 0.495 e. The van der Waals surface area contributed by atoms with E-state index in [4.69, 9.17) is 4.74 Å². The summed E-state index contributed by atoms with van der Waals surface area (Å²) in [5.41, 5.74) is 1.53. The summed E-state index contributed by atoms with van der Waals surface area (Å²) in [6.45, 7) is 4.13. The Labute approximate surface area is 168 Å². The van der Waals surface area contributed by atoms with Crippen LogP contribution in [0.25, 0.3) is 0 Å². The molecule has 0 aromatic heterocycles. The van der Waals surface area contributed by atoms with Gasteiger partial charge in [-0.2, -0.15) is 0 Å². The Kier molecular flexibility index (Phi) is 4.64. The molecule has 5 fully saturated rings. The van der Waals surface area contributed by atoms with Crippen LogP contribution in [-0.4, -0.2) is 50.8 Å². The number of piperazine rings is 1. The molecule has 28 heavy (non-hydrogen) atoms. The molecule has 1 aliphatic heterocycles. The molecule has 5 heteroatoms. The number of hydrogen-bond acceptors (Lipinski definition) is 3. The highest BCUT2D eigenvalue weighted by Crippen LogP contribution is 2.59. The van der Waals surface area contributed by atoms with Crippen molar-refractivity contribution in [3.8, 4) is 5.75 Å².